The predicted molar refractivity (Wildman–Crippen MR) is 86.3 cm³/mol. The number of nitrogens with one attached hydrogen (secondary N) is 1. The second-order valence-corrected chi connectivity index (χ2v) is 7.08. The molecule has 0 bridgehead atoms. The molecule has 1 aromatic carbocycles. The molecule has 0 fully saturated rings. The van der Waals surface area contributed by atoms with E-state index in [1.165, 1.54) is 11.1 Å². The Morgan fingerprint density at radius 1 is 1.29 bits per heavy atom. The summed E-state index contributed by atoms with van der Waals surface area (Å²) in [6.07, 6.45) is 0. The molecule has 6 heteroatoms. The zero-order chi connectivity index (χ0) is 15.3. The van der Waals surface area contributed by atoms with Gasteiger partial charge in [0.2, 0.25) is 5.16 Å². The minimum Gasteiger partial charge on any atom is -0.310 e. The van der Waals surface area contributed by atoms with Gasteiger partial charge in [-0.2, -0.15) is 0 Å². The lowest BCUT2D eigenvalue weighted by Crippen LogP contribution is -2.38. The maximum atomic E-state index is 4.11. The topological polar surface area (TPSA) is 55.6 Å². The van der Waals surface area contributed by atoms with E-state index in [0.717, 1.165) is 24.0 Å². The van der Waals surface area contributed by atoms with Gasteiger partial charge in [-0.25, -0.2) is 4.68 Å². The lowest BCUT2D eigenvalue weighted by atomic mass is 10.1. The molecule has 21 heavy (non-hydrogen) atoms. The second kappa shape index (κ2) is 7.04. The van der Waals surface area contributed by atoms with Gasteiger partial charge in [0.1, 0.15) is 0 Å². The summed E-state index contributed by atoms with van der Waals surface area (Å²) in [5.41, 5.74) is 2.69. The van der Waals surface area contributed by atoms with Crippen molar-refractivity contribution in [2.45, 2.75) is 50.7 Å². The first-order valence-corrected chi connectivity index (χ1v) is 8.12. The molecule has 0 radical (unpaired) electrons. The summed E-state index contributed by atoms with van der Waals surface area (Å²) in [5, 5.41) is 16.3. The summed E-state index contributed by atoms with van der Waals surface area (Å²) >= 11 is 1.67. The van der Waals surface area contributed by atoms with Gasteiger partial charge in [-0.3, -0.25) is 0 Å². The van der Waals surface area contributed by atoms with Crippen LogP contribution in [0.3, 0.4) is 0 Å². The summed E-state index contributed by atoms with van der Waals surface area (Å²) in [6.45, 7) is 10.2. The standard InChI is InChI=1S/C15H23N5S/c1-12-6-5-7-13(10-12)11-21-14-17-18-19-20(14)9-8-16-15(2,3)4/h5-7,10,16H,8-9,11H2,1-4H3. The number of hydrogen-bond acceptors (Lipinski definition) is 5. The van der Waals surface area contributed by atoms with E-state index in [9.17, 15) is 0 Å². The minimum atomic E-state index is 0.114. The smallest absolute Gasteiger partial charge is 0.209 e. The summed E-state index contributed by atoms with van der Waals surface area (Å²) in [4.78, 5) is 0. The van der Waals surface area contributed by atoms with Gasteiger partial charge in [-0.1, -0.05) is 41.6 Å². The van der Waals surface area contributed by atoms with Crippen LogP contribution in [0, 0.1) is 6.92 Å². The van der Waals surface area contributed by atoms with E-state index in [1.54, 1.807) is 11.8 Å². The first-order chi connectivity index (χ1) is 9.94. The Balaban J connectivity index is 1.88. The molecule has 0 unspecified atom stereocenters. The number of aromatic nitrogens is 4. The number of hydrogen-bond donors (Lipinski definition) is 1. The quantitative estimate of drug-likeness (QED) is 0.832. The SMILES string of the molecule is Cc1cccc(CSc2nnnn2CCNC(C)(C)C)c1. The Bertz CT molecular complexity index is 573. The molecule has 0 aliphatic rings. The van der Waals surface area contributed by atoms with Crippen molar-refractivity contribution in [3.8, 4) is 0 Å². The van der Waals surface area contributed by atoms with Crippen molar-refractivity contribution in [1.29, 1.82) is 0 Å². The lowest BCUT2D eigenvalue weighted by molar-refractivity contribution is 0.396. The molecule has 2 rings (SSSR count). The maximum Gasteiger partial charge on any atom is 0.209 e. The van der Waals surface area contributed by atoms with Crippen molar-refractivity contribution in [3.63, 3.8) is 0 Å². The van der Waals surface area contributed by atoms with Crippen LogP contribution in [0.1, 0.15) is 31.9 Å². The monoisotopic (exact) mass is 305 g/mol. The van der Waals surface area contributed by atoms with Crippen molar-refractivity contribution >= 4 is 11.8 Å². The third-order valence-corrected chi connectivity index (χ3v) is 3.96. The van der Waals surface area contributed by atoms with E-state index in [1.807, 2.05) is 4.68 Å². The molecule has 114 valence electrons. The molecule has 0 atom stereocenters. The van der Waals surface area contributed by atoms with E-state index in [4.69, 9.17) is 0 Å². The first kappa shape index (κ1) is 16.0. The first-order valence-electron chi connectivity index (χ1n) is 7.13. The molecule has 0 spiro atoms. The number of aryl methyl sites for hydroxylation is 1. The molecular formula is C15H23N5S. The highest BCUT2D eigenvalue weighted by Crippen LogP contribution is 2.20. The zero-order valence-electron chi connectivity index (χ0n) is 13.1. The summed E-state index contributed by atoms with van der Waals surface area (Å²) < 4.78 is 1.86. The Morgan fingerprint density at radius 2 is 2.10 bits per heavy atom. The summed E-state index contributed by atoms with van der Waals surface area (Å²) in [6, 6.07) is 8.52. The van der Waals surface area contributed by atoms with E-state index in [0.29, 0.717) is 0 Å². The van der Waals surface area contributed by atoms with Gasteiger partial charge in [-0.05, 0) is 43.7 Å². The molecule has 0 aliphatic heterocycles. The van der Waals surface area contributed by atoms with Crippen LogP contribution in [0.25, 0.3) is 0 Å². The van der Waals surface area contributed by atoms with Crippen LogP contribution in [0.2, 0.25) is 0 Å². The minimum absolute atomic E-state index is 0.114. The van der Waals surface area contributed by atoms with Gasteiger partial charge in [0, 0.05) is 17.8 Å². The Morgan fingerprint density at radius 3 is 2.81 bits per heavy atom. The van der Waals surface area contributed by atoms with Crippen molar-refractivity contribution in [2.24, 2.45) is 0 Å². The number of nitrogens with zero attached hydrogens (tertiary/aromatic N) is 4. The second-order valence-electron chi connectivity index (χ2n) is 6.14. The zero-order valence-corrected chi connectivity index (χ0v) is 13.9. The van der Waals surface area contributed by atoms with Crippen molar-refractivity contribution in [1.82, 2.24) is 25.5 Å². The normalized spacial score (nSPS) is 11.8. The summed E-state index contributed by atoms with van der Waals surface area (Å²) in [7, 11) is 0. The Hall–Kier alpha value is -1.40. The van der Waals surface area contributed by atoms with Gasteiger partial charge in [0.15, 0.2) is 0 Å². The fourth-order valence-electron chi connectivity index (χ4n) is 1.93. The highest BCUT2D eigenvalue weighted by molar-refractivity contribution is 7.98. The van der Waals surface area contributed by atoms with Crippen LogP contribution in [0.4, 0.5) is 0 Å². The fraction of sp³-hybridized carbons (Fsp3) is 0.533. The largest absolute Gasteiger partial charge is 0.310 e. The molecule has 2 aromatic rings. The molecular weight excluding hydrogens is 282 g/mol. The van der Waals surface area contributed by atoms with Crippen molar-refractivity contribution < 1.29 is 0 Å². The van der Waals surface area contributed by atoms with Crippen LogP contribution in [-0.2, 0) is 12.3 Å². The third-order valence-electron chi connectivity index (χ3n) is 2.93. The highest BCUT2D eigenvalue weighted by Gasteiger charge is 2.10. The van der Waals surface area contributed by atoms with Crippen molar-refractivity contribution in [2.75, 3.05) is 6.54 Å². The molecule has 1 heterocycles. The molecule has 1 N–H and O–H groups in total. The number of thioether (sulfide) groups is 1. The van der Waals surface area contributed by atoms with Crippen LogP contribution in [0.15, 0.2) is 29.4 Å². The van der Waals surface area contributed by atoms with Gasteiger partial charge in [-0.15, -0.1) is 5.10 Å². The highest BCUT2D eigenvalue weighted by atomic mass is 32.2. The average molecular weight is 305 g/mol. The Kier molecular flexibility index (Phi) is 5.36. The van der Waals surface area contributed by atoms with E-state index >= 15 is 0 Å². The van der Waals surface area contributed by atoms with E-state index in [-0.39, 0.29) is 5.54 Å². The van der Waals surface area contributed by atoms with E-state index < -0.39 is 0 Å². The number of tetrazole rings is 1. The summed E-state index contributed by atoms with van der Waals surface area (Å²) in [5.74, 6) is 0.884. The van der Waals surface area contributed by atoms with Gasteiger partial charge >= 0.3 is 0 Å². The third kappa shape index (κ3) is 5.47. The molecule has 1 aromatic heterocycles. The molecule has 0 saturated heterocycles. The van der Waals surface area contributed by atoms with Crippen LogP contribution in [0.5, 0.6) is 0 Å². The predicted octanol–water partition coefficient (Wildman–Crippen LogP) is 2.66. The maximum absolute atomic E-state index is 4.11. The van der Waals surface area contributed by atoms with E-state index in [2.05, 4.69) is 72.8 Å². The average Bonchev–Trinajstić information content (AvgIpc) is 2.82. The molecule has 0 amide bonds. The van der Waals surface area contributed by atoms with Gasteiger partial charge in [0.05, 0.1) is 6.54 Å². The molecule has 0 aliphatic carbocycles. The van der Waals surface area contributed by atoms with Crippen LogP contribution >= 0.6 is 11.8 Å². The number of rotatable bonds is 6. The van der Waals surface area contributed by atoms with Gasteiger partial charge < -0.3 is 5.32 Å². The Labute approximate surface area is 130 Å². The molecule has 5 nitrogen and oxygen atoms in total. The lowest BCUT2D eigenvalue weighted by Gasteiger charge is -2.20. The van der Waals surface area contributed by atoms with Crippen LogP contribution in [-0.4, -0.2) is 32.3 Å². The number of benzene rings is 1. The van der Waals surface area contributed by atoms with Crippen molar-refractivity contribution in [3.05, 3.63) is 35.4 Å². The van der Waals surface area contributed by atoms with Crippen LogP contribution < -0.4 is 5.32 Å². The molecule has 0 saturated carbocycles. The fourth-order valence-corrected chi connectivity index (χ4v) is 2.77. The van der Waals surface area contributed by atoms with Gasteiger partial charge in [0.25, 0.3) is 0 Å².